The van der Waals surface area contributed by atoms with E-state index in [1.807, 2.05) is 30.3 Å². The van der Waals surface area contributed by atoms with Crippen LogP contribution in [0.25, 0.3) is 0 Å². The Hall–Kier alpha value is -1.40. The van der Waals surface area contributed by atoms with Gasteiger partial charge in [-0.25, -0.2) is 8.42 Å². The second-order valence-corrected chi connectivity index (χ2v) is 7.56. The van der Waals surface area contributed by atoms with Crippen LogP contribution in [0.2, 0.25) is 0 Å². The monoisotopic (exact) mass is 296 g/mol. The van der Waals surface area contributed by atoms with Gasteiger partial charge in [-0.2, -0.15) is 0 Å². The third kappa shape index (κ3) is 3.80. The Morgan fingerprint density at radius 3 is 2.65 bits per heavy atom. The summed E-state index contributed by atoms with van der Waals surface area (Å²) in [4.78, 5) is 11.8. The Balaban J connectivity index is 1.81. The summed E-state index contributed by atoms with van der Waals surface area (Å²) in [6.45, 7) is 0.197. The first-order valence-electron chi connectivity index (χ1n) is 6.78. The molecule has 5 nitrogen and oxygen atoms in total. The number of rotatable bonds is 5. The predicted molar refractivity (Wildman–Crippen MR) is 77.8 cm³/mol. The summed E-state index contributed by atoms with van der Waals surface area (Å²) in [7, 11) is -3.01. The molecule has 1 fully saturated rings. The molecule has 1 aliphatic heterocycles. The molecule has 3 N–H and O–H groups in total. The summed E-state index contributed by atoms with van der Waals surface area (Å²) in [5.74, 6) is 0.0281. The molecule has 0 radical (unpaired) electrons. The van der Waals surface area contributed by atoms with Gasteiger partial charge in [0.1, 0.15) is 0 Å². The SMILES string of the molecule is NC(CC(=O)NCC1CCCS1(=O)=O)c1ccccc1. The van der Waals surface area contributed by atoms with E-state index in [0.29, 0.717) is 12.8 Å². The van der Waals surface area contributed by atoms with Gasteiger partial charge in [0, 0.05) is 19.0 Å². The van der Waals surface area contributed by atoms with Gasteiger partial charge in [0.05, 0.1) is 11.0 Å². The molecule has 1 aromatic rings. The van der Waals surface area contributed by atoms with E-state index in [1.54, 1.807) is 0 Å². The van der Waals surface area contributed by atoms with Crippen LogP contribution < -0.4 is 11.1 Å². The lowest BCUT2D eigenvalue weighted by Crippen LogP contribution is -2.35. The van der Waals surface area contributed by atoms with Crippen LogP contribution in [0.1, 0.15) is 30.9 Å². The maximum atomic E-state index is 11.8. The van der Waals surface area contributed by atoms with Crippen molar-refractivity contribution in [3.63, 3.8) is 0 Å². The number of nitrogens with two attached hydrogens (primary N) is 1. The van der Waals surface area contributed by atoms with Crippen LogP contribution in [0.5, 0.6) is 0 Å². The van der Waals surface area contributed by atoms with Crippen LogP contribution in [0, 0.1) is 0 Å². The minimum absolute atomic E-state index is 0.163. The highest BCUT2D eigenvalue weighted by Crippen LogP contribution is 2.19. The van der Waals surface area contributed by atoms with Crippen molar-refractivity contribution >= 4 is 15.7 Å². The molecule has 1 aromatic carbocycles. The molecule has 2 atom stereocenters. The molecule has 1 heterocycles. The zero-order valence-electron chi connectivity index (χ0n) is 11.3. The lowest BCUT2D eigenvalue weighted by molar-refractivity contribution is -0.121. The fraction of sp³-hybridized carbons (Fsp3) is 0.500. The minimum atomic E-state index is -3.01. The lowest BCUT2D eigenvalue weighted by Gasteiger charge is -2.14. The van der Waals surface area contributed by atoms with Gasteiger partial charge in [-0.3, -0.25) is 4.79 Å². The smallest absolute Gasteiger partial charge is 0.221 e. The highest BCUT2D eigenvalue weighted by molar-refractivity contribution is 7.92. The van der Waals surface area contributed by atoms with Gasteiger partial charge >= 0.3 is 0 Å². The van der Waals surface area contributed by atoms with Crippen molar-refractivity contribution in [2.75, 3.05) is 12.3 Å². The fourth-order valence-corrected chi connectivity index (χ4v) is 4.17. The number of benzene rings is 1. The molecule has 0 aromatic heterocycles. The van der Waals surface area contributed by atoms with Crippen LogP contribution in [0.3, 0.4) is 0 Å². The number of carbonyl (C=O) groups is 1. The number of hydrogen-bond acceptors (Lipinski definition) is 4. The molecule has 20 heavy (non-hydrogen) atoms. The number of sulfone groups is 1. The largest absolute Gasteiger partial charge is 0.355 e. The molecule has 110 valence electrons. The second-order valence-electron chi connectivity index (χ2n) is 5.16. The van der Waals surface area contributed by atoms with Crippen molar-refractivity contribution in [1.29, 1.82) is 0 Å². The third-order valence-corrected chi connectivity index (χ3v) is 5.90. The van der Waals surface area contributed by atoms with Gasteiger partial charge in [0.2, 0.25) is 5.91 Å². The number of amides is 1. The van der Waals surface area contributed by atoms with E-state index in [1.165, 1.54) is 0 Å². The van der Waals surface area contributed by atoms with E-state index in [-0.39, 0.29) is 30.7 Å². The van der Waals surface area contributed by atoms with E-state index in [4.69, 9.17) is 5.73 Å². The first-order valence-corrected chi connectivity index (χ1v) is 8.49. The van der Waals surface area contributed by atoms with E-state index in [9.17, 15) is 13.2 Å². The normalized spacial score (nSPS) is 22.4. The Bertz CT molecular complexity index is 557. The Labute approximate surface area is 119 Å². The van der Waals surface area contributed by atoms with Crippen LogP contribution in [-0.2, 0) is 14.6 Å². The molecule has 2 rings (SSSR count). The fourth-order valence-electron chi connectivity index (χ4n) is 2.41. The van der Waals surface area contributed by atoms with Crippen LogP contribution in [0.4, 0.5) is 0 Å². The van der Waals surface area contributed by atoms with Crippen molar-refractivity contribution in [2.45, 2.75) is 30.6 Å². The van der Waals surface area contributed by atoms with Crippen molar-refractivity contribution in [2.24, 2.45) is 5.73 Å². The second kappa shape index (κ2) is 6.37. The Morgan fingerprint density at radius 2 is 2.05 bits per heavy atom. The number of nitrogens with one attached hydrogen (secondary N) is 1. The molecule has 0 bridgehead atoms. The highest BCUT2D eigenvalue weighted by Gasteiger charge is 2.31. The van der Waals surface area contributed by atoms with Gasteiger partial charge in [0.15, 0.2) is 9.84 Å². The molecule has 1 aliphatic rings. The predicted octanol–water partition coefficient (Wildman–Crippen LogP) is 0.770. The summed E-state index contributed by atoms with van der Waals surface area (Å²) in [6, 6.07) is 9.02. The van der Waals surface area contributed by atoms with Gasteiger partial charge in [-0.1, -0.05) is 30.3 Å². The van der Waals surface area contributed by atoms with E-state index < -0.39 is 15.1 Å². The number of hydrogen-bond donors (Lipinski definition) is 2. The maximum absolute atomic E-state index is 11.8. The van der Waals surface area contributed by atoms with Crippen molar-refractivity contribution in [1.82, 2.24) is 5.32 Å². The maximum Gasteiger partial charge on any atom is 0.221 e. The van der Waals surface area contributed by atoms with Gasteiger partial charge in [-0.05, 0) is 18.4 Å². The molecule has 6 heteroatoms. The molecule has 1 amide bonds. The van der Waals surface area contributed by atoms with Gasteiger partial charge < -0.3 is 11.1 Å². The van der Waals surface area contributed by atoms with E-state index in [0.717, 1.165) is 5.56 Å². The van der Waals surface area contributed by atoms with Crippen LogP contribution >= 0.6 is 0 Å². The molecule has 0 aliphatic carbocycles. The average Bonchev–Trinajstić information content (AvgIpc) is 2.76. The Morgan fingerprint density at radius 1 is 1.35 bits per heavy atom. The quantitative estimate of drug-likeness (QED) is 0.840. The van der Waals surface area contributed by atoms with E-state index >= 15 is 0 Å². The number of carbonyl (C=O) groups excluding carboxylic acids is 1. The van der Waals surface area contributed by atoms with Crippen LogP contribution in [-0.4, -0.2) is 31.9 Å². The van der Waals surface area contributed by atoms with Crippen molar-refractivity contribution in [3.8, 4) is 0 Å². The van der Waals surface area contributed by atoms with Crippen LogP contribution in [0.15, 0.2) is 30.3 Å². The van der Waals surface area contributed by atoms with Gasteiger partial charge in [-0.15, -0.1) is 0 Å². The average molecular weight is 296 g/mol. The Kier molecular flexibility index (Phi) is 4.77. The third-order valence-electron chi connectivity index (χ3n) is 3.62. The summed E-state index contributed by atoms with van der Waals surface area (Å²) in [5, 5.41) is 2.25. The zero-order chi connectivity index (χ0) is 14.6. The molecule has 2 unspecified atom stereocenters. The highest BCUT2D eigenvalue weighted by atomic mass is 32.2. The molecule has 0 spiro atoms. The zero-order valence-corrected chi connectivity index (χ0v) is 12.1. The molecular formula is C14H20N2O3S. The summed E-state index contributed by atoms with van der Waals surface area (Å²) in [5.41, 5.74) is 6.85. The molecular weight excluding hydrogens is 276 g/mol. The summed E-state index contributed by atoms with van der Waals surface area (Å²) in [6.07, 6.45) is 1.48. The molecule has 0 saturated carbocycles. The standard InChI is InChI=1S/C14H20N2O3S/c15-13(11-5-2-1-3-6-11)9-14(17)16-10-12-7-4-8-20(12,18)19/h1-3,5-6,12-13H,4,7-10,15H2,(H,16,17). The molecule has 1 saturated heterocycles. The van der Waals surface area contributed by atoms with Crippen molar-refractivity contribution < 1.29 is 13.2 Å². The first kappa shape index (κ1) is 15.0. The summed E-state index contributed by atoms with van der Waals surface area (Å²) < 4.78 is 23.3. The topological polar surface area (TPSA) is 89.3 Å². The minimum Gasteiger partial charge on any atom is -0.355 e. The van der Waals surface area contributed by atoms with E-state index in [2.05, 4.69) is 5.32 Å². The summed E-state index contributed by atoms with van der Waals surface area (Å²) >= 11 is 0. The van der Waals surface area contributed by atoms with Gasteiger partial charge in [0.25, 0.3) is 0 Å². The van der Waals surface area contributed by atoms with Crippen molar-refractivity contribution in [3.05, 3.63) is 35.9 Å². The first-order chi connectivity index (χ1) is 9.49. The lowest BCUT2D eigenvalue weighted by atomic mass is 10.0.